The molecule has 2 amide bonds. The number of rotatable bonds is 4. The maximum absolute atomic E-state index is 12.1. The molecule has 2 aromatic rings. The third-order valence-corrected chi connectivity index (χ3v) is 4.41. The molecule has 0 saturated carbocycles. The zero-order valence-corrected chi connectivity index (χ0v) is 14.5. The first-order valence-corrected chi connectivity index (χ1v) is 8.49. The van der Waals surface area contributed by atoms with Crippen molar-refractivity contribution in [3.8, 4) is 0 Å². The Morgan fingerprint density at radius 1 is 1.24 bits per heavy atom. The molecule has 3 rings (SSSR count). The van der Waals surface area contributed by atoms with Crippen molar-refractivity contribution < 1.29 is 9.59 Å². The smallest absolute Gasteiger partial charge is 0.313 e. The second-order valence-electron chi connectivity index (χ2n) is 6.28. The largest absolute Gasteiger partial charge is 0.367 e. The van der Waals surface area contributed by atoms with Crippen molar-refractivity contribution in [3.05, 3.63) is 42.2 Å². The molecule has 1 aliphatic rings. The number of benzene rings is 1. The van der Waals surface area contributed by atoms with E-state index in [2.05, 4.69) is 27.6 Å². The highest BCUT2D eigenvalue weighted by atomic mass is 16.2. The average Bonchev–Trinajstić information content (AvgIpc) is 3.24. The number of hydrogen-bond donors (Lipinski definition) is 2. The van der Waals surface area contributed by atoms with Crippen LogP contribution in [0.4, 0.5) is 11.4 Å². The highest BCUT2D eigenvalue weighted by Gasteiger charge is 2.26. The summed E-state index contributed by atoms with van der Waals surface area (Å²) in [6, 6.07) is 7.46. The summed E-state index contributed by atoms with van der Waals surface area (Å²) < 4.78 is 1.75. The molecule has 1 aliphatic heterocycles. The molecule has 7 nitrogen and oxygen atoms in total. The summed E-state index contributed by atoms with van der Waals surface area (Å²) in [5.74, 6) is -1.23. The van der Waals surface area contributed by atoms with Gasteiger partial charge < -0.3 is 15.5 Å². The summed E-state index contributed by atoms with van der Waals surface area (Å²) in [4.78, 5) is 26.3. The van der Waals surface area contributed by atoms with E-state index in [1.54, 1.807) is 10.9 Å². The van der Waals surface area contributed by atoms with Crippen LogP contribution in [0.15, 0.2) is 36.7 Å². The van der Waals surface area contributed by atoms with Crippen LogP contribution in [0.1, 0.15) is 18.9 Å². The monoisotopic (exact) mass is 341 g/mol. The molecule has 1 saturated heterocycles. The number of aryl methyl sites for hydroxylation is 2. The number of amides is 2. The van der Waals surface area contributed by atoms with Gasteiger partial charge in [0.15, 0.2) is 0 Å². The molecule has 0 bridgehead atoms. The first-order chi connectivity index (χ1) is 12.0. The van der Waals surface area contributed by atoms with Crippen molar-refractivity contribution in [3.63, 3.8) is 0 Å². The Morgan fingerprint density at radius 3 is 2.64 bits per heavy atom. The molecule has 0 aliphatic carbocycles. The molecule has 0 spiro atoms. The molecule has 0 radical (unpaired) electrons. The van der Waals surface area contributed by atoms with E-state index in [9.17, 15) is 9.59 Å². The highest BCUT2D eigenvalue weighted by Crippen LogP contribution is 2.19. The van der Waals surface area contributed by atoms with Crippen LogP contribution in [0, 0.1) is 0 Å². The lowest BCUT2D eigenvalue weighted by atomic mass is 10.1. The van der Waals surface area contributed by atoms with Crippen LogP contribution in [-0.2, 0) is 23.1 Å². The Hall–Kier alpha value is -2.83. The predicted molar refractivity (Wildman–Crippen MR) is 96.4 cm³/mol. The summed E-state index contributed by atoms with van der Waals surface area (Å²) in [5, 5.41) is 9.60. The fourth-order valence-corrected chi connectivity index (χ4v) is 2.95. The van der Waals surface area contributed by atoms with Gasteiger partial charge in [-0.1, -0.05) is 19.1 Å². The van der Waals surface area contributed by atoms with Gasteiger partial charge in [-0.2, -0.15) is 5.10 Å². The summed E-state index contributed by atoms with van der Waals surface area (Å²) in [6.45, 7) is 3.57. The van der Waals surface area contributed by atoms with E-state index < -0.39 is 11.8 Å². The van der Waals surface area contributed by atoms with Crippen LogP contribution in [0.25, 0.3) is 0 Å². The Morgan fingerprint density at radius 2 is 2.00 bits per heavy atom. The standard InChI is InChI=1S/C18H23N5O2/c1-3-13-4-6-14(7-5-13)20-17(24)18(25)21-15-8-9-23(11-15)16-10-19-22(2)12-16/h4-7,10,12,15H,3,8-9,11H2,1-2H3,(H,20,24)(H,21,25)/t15-/m0/s1. The van der Waals surface area contributed by atoms with Gasteiger partial charge in [0.1, 0.15) is 0 Å². The van der Waals surface area contributed by atoms with Crippen LogP contribution in [0.3, 0.4) is 0 Å². The number of nitrogens with one attached hydrogen (secondary N) is 2. The normalized spacial score (nSPS) is 16.7. The molecule has 132 valence electrons. The number of carbonyl (C=O) groups excluding carboxylic acids is 2. The Bertz CT molecular complexity index is 753. The summed E-state index contributed by atoms with van der Waals surface area (Å²) in [5.41, 5.74) is 2.84. The third kappa shape index (κ3) is 4.17. The summed E-state index contributed by atoms with van der Waals surface area (Å²) >= 11 is 0. The average molecular weight is 341 g/mol. The van der Waals surface area contributed by atoms with Crippen LogP contribution >= 0.6 is 0 Å². The van der Waals surface area contributed by atoms with Gasteiger partial charge in [-0.15, -0.1) is 0 Å². The molecule has 7 heteroatoms. The van der Waals surface area contributed by atoms with E-state index in [4.69, 9.17) is 0 Å². The van der Waals surface area contributed by atoms with E-state index in [0.717, 1.165) is 25.1 Å². The van der Waals surface area contributed by atoms with E-state index >= 15 is 0 Å². The van der Waals surface area contributed by atoms with Crippen molar-refractivity contribution in [2.24, 2.45) is 7.05 Å². The van der Waals surface area contributed by atoms with Gasteiger partial charge in [-0.25, -0.2) is 0 Å². The predicted octanol–water partition coefficient (Wildman–Crippen LogP) is 1.32. The number of hydrogen-bond acceptors (Lipinski definition) is 4. The van der Waals surface area contributed by atoms with Crippen LogP contribution in [0.5, 0.6) is 0 Å². The zero-order valence-electron chi connectivity index (χ0n) is 14.5. The minimum Gasteiger partial charge on any atom is -0.367 e. The molecular weight excluding hydrogens is 318 g/mol. The Balaban J connectivity index is 1.50. The van der Waals surface area contributed by atoms with Gasteiger partial charge in [0.2, 0.25) is 0 Å². The quantitative estimate of drug-likeness (QED) is 0.822. The molecule has 1 aromatic heterocycles. The van der Waals surface area contributed by atoms with Gasteiger partial charge in [-0.05, 0) is 30.5 Å². The first-order valence-electron chi connectivity index (χ1n) is 8.49. The third-order valence-electron chi connectivity index (χ3n) is 4.41. The number of nitrogens with zero attached hydrogens (tertiary/aromatic N) is 3. The topological polar surface area (TPSA) is 79.3 Å². The fourth-order valence-electron chi connectivity index (χ4n) is 2.95. The highest BCUT2D eigenvalue weighted by molar-refractivity contribution is 6.39. The van der Waals surface area contributed by atoms with Crippen LogP contribution in [-0.4, -0.2) is 40.7 Å². The molecular formula is C18H23N5O2. The summed E-state index contributed by atoms with van der Waals surface area (Å²) in [6.07, 6.45) is 5.48. The van der Waals surface area contributed by atoms with Gasteiger partial charge in [0, 0.05) is 38.1 Å². The van der Waals surface area contributed by atoms with E-state index in [1.807, 2.05) is 37.5 Å². The molecule has 1 fully saturated rings. The van der Waals surface area contributed by atoms with Gasteiger partial charge in [0.25, 0.3) is 0 Å². The fraction of sp³-hybridized carbons (Fsp3) is 0.389. The zero-order chi connectivity index (χ0) is 17.8. The van der Waals surface area contributed by atoms with E-state index in [-0.39, 0.29) is 6.04 Å². The second-order valence-corrected chi connectivity index (χ2v) is 6.28. The lowest BCUT2D eigenvalue weighted by Gasteiger charge is -2.16. The lowest BCUT2D eigenvalue weighted by Crippen LogP contribution is -2.43. The number of aromatic nitrogens is 2. The number of carbonyl (C=O) groups is 2. The van der Waals surface area contributed by atoms with Crippen molar-refractivity contribution in [2.45, 2.75) is 25.8 Å². The Kier molecular flexibility index (Phi) is 5.02. The molecule has 25 heavy (non-hydrogen) atoms. The van der Waals surface area contributed by atoms with E-state index in [1.165, 1.54) is 5.56 Å². The molecule has 1 atom stereocenters. The molecule has 2 N–H and O–H groups in total. The number of anilines is 2. The first kappa shape index (κ1) is 17.0. The lowest BCUT2D eigenvalue weighted by molar-refractivity contribution is -0.136. The van der Waals surface area contributed by atoms with E-state index in [0.29, 0.717) is 12.2 Å². The van der Waals surface area contributed by atoms with Gasteiger partial charge in [0.05, 0.1) is 11.9 Å². The summed E-state index contributed by atoms with van der Waals surface area (Å²) in [7, 11) is 1.87. The van der Waals surface area contributed by atoms with Gasteiger partial charge >= 0.3 is 11.8 Å². The molecule has 2 heterocycles. The van der Waals surface area contributed by atoms with Crippen molar-refractivity contribution in [1.29, 1.82) is 0 Å². The maximum Gasteiger partial charge on any atom is 0.313 e. The SMILES string of the molecule is CCc1ccc(NC(=O)C(=O)N[C@H]2CCN(c3cnn(C)c3)C2)cc1. The van der Waals surface area contributed by atoms with Crippen LogP contribution in [0.2, 0.25) is 0 Å². The van der Waals surface area contributed by atoms with Gasteiger partial charge in [-0.3, -0.25) is 14.3 Å². The maximum atomic E-state index is 12.1. The molecule has 1 aromatic carbocycles. The minimum absolute atomic E-state index is 0.0408. The van der Waals surface area contributed by atoms with Crippen molar-refractivity contribution >= 4 is 23.2 Å². The Labute approximate surface area is 147 Å². The van der Waals surface area contributed by atoms with Crippen LogP contribution < -0.4 is 15.5 Å². The van der Waals surface area contributed by atoms with Crippen molar-refractivity contribution in [2.75, 3.05) is 23.3 Å². The molecule has 0 unspecified atom stereocenters. The second kappa shape index (κ2) is 7.38. The minimum atomic E-state index is -0.635. The van der Waals surface area contributed by atoms with Crippen molar-refractivity contribution in [1.82, 2.24) is 15.1 Å².